The fourth-order valence-corrected chi connectivity index (χ4v) is 3.57. The van der Waals surface area contributed by atoms with Crippen molar-refractivity contribution < 1.29 is 13.2 Å². The van der Waals surface area contributed by atoms with Crippen LogP contribution in [-0.4, -0.2) is 40.4 Å². The van der Waals surface area contributed by atoms with Crippen molar-refractivity contribution in [3.63, 3.8) is 0 Å². The number of halogens is 3. The average Bonchev–Trinajstić information content (AvgIpc) is 2.85. The van der Waals surface area contributed by atoms with Gasteiger partial charge in [-0.3, -0.25) is 4.79 Å². The minimum absolute atomic E-state index is 0.0124. The van der Waals surface area contributed by atoms with Gasteiger partial charge in [0.2, 0.25) is 0 Å². The molecule has 2 heterocycles. The molecule has 1 saturated heterocycles. The Morgan fingerprint density at radius 2 is 1.86 bits per heavy atom. The Bertz CT molecular complexity index is 1080. The number of nitrogens with one attached hydrogen (secondary N) is 2. The van der Waals surface area contributed by atoms with Gasteiger partial charge in [0.15, 0.2) is 5.82 Å². The van der Waals surface area contributed by atoms with Gasteiger partial charge in [0.25, 0.3) is 5.56 Å². The second-order valence-corrected chi connectivity index (χ2v) is 7.74. The zero-order valence-electron chi connectivity index (χ0n) is 21.8. The van der Waals surface area contributed by atoms with Crippen molar-refractivity contribution in [2.24, 2.45) is 12.8 Å². The second kappa shape index (κ2) is 13.6. The van der Waals surface area contributed by atoms with E-state index in [1.54, 1.807) is 6.08 Å². The van der Waals surface area contributed by atoms with E-state index >= 15 is 0 Å². The maximum atomic E-state index is 13.1. The summed E-state index contributed by atoms with van der Waals surface area (Å²) >= 11 is 0. The number of anilines is 3. The van der Waals surface area contributed by atoms with Crippen LogP contribution >= 0.6 is 0 Å². The quantitative estimate of drug-likeness (QED) is 0.385. The zero-order chi connectivity index (χ0) is 27.6. The van der Waals surface area contributed by atoms with Crippen LogP contribution in [0.15, 0.2) is 28.8 Å². The van der Waals surface area contributed by atoms with Gasteiger partial charge in [0.1, 0.15) is 5.69 Å². The summed E-state index contributed by atoms with van der Waals surface area (Å²) in [5, 5.41) is 10.4. The van der Waals surface area contributed by atoms with E-state index in [4.69, 9.17) is 17.2 Å². The van der Waals surface area contributed by atoms with Crippen LogP contribution in [0.4, 0.5) is 30.4 Å². The number of piperazine rings is 1. The van der Waals surface area contributed by atoms with E-state index in [0.717, 1.165) is 29.9 Å². The summed E-state index contributed by atoms with van der Waals surface area (Å²) in [6.45, 7) is 12.2. The van der Waals surface area contributed by atoms with Gasteiger partial charge in [-0.15, -0.1) is 0 Å². The van der Waals surface area contributed by atoms with Crippen molar-refractivity contribution in [1.29, 1.82) is 0 Å². The molecule has 0 saturated carbocycles. The van der Waals surface area contributed by atoms with Crippen molar-refractivity contribution in [2.45, 2.75) is 53.4 Å². The van der Waals surface area contributed by atoms with Crippen molar-refractivity contribution in [1.82, 2.24) is 20.0 Å². The molecule has 0 amide bonds. The SMILES string of the molecule is CC.CC.CC1CNCCN1/C(N)=C/c1c(NCc2cc(N)cc(C(F)(F)F)c2)nn(C)c(=O)c1N. The molecule has 2 aromatic rings. The lowest BCUT2D eigenvalue weighted by molar-refractivity contribution is -0.137. The van der Waals surface area contributed by atoms with E-state index < -0.39 is 17.3 Å². The smallest absolute Gasteiger partial charge is 0.399 e. The molecule has 1 aromatic carbocycles. The molecule has 0 bridgehead atoms. The number of nitrogen functional groups attached to an aromatic ring is 2. The Morgan fingerprint density at radius 3 is 2.44 bits per heavy atom. The fraction of sp³-hybridized carbons (Fsp3) is 0.500. The Morgan fingerprint density at radius 1 is 1.22 bits per heavy atom. The summed E-state index contributed by atoms with van der Waals surface area (Å²) in [7, 11) is 1.43. The summed E-state index contributed by atoms with van der Waals surface area (Å²) in [4.78, 5) is 14.3. The lowest BCUT2D eigenvalue weighted by Crippen LogP contribution is -2.50. The molecule has 202 valence electrons. The van der Waals surface area contributed by atoms with Crippen molar-refractivity contribution in [2.75, 3.05) is 36.4 Å². The molecule has 1 fully saturated rings. The van der Waals surface area contributed by atoms with E-state index in [9.17, 15) is 18.0 Å². The summed E-state index contributed by atoms with van der Waals surface area (Å²) < 4.78 is 40.4. The van der Waals surface area contributed by atoms with Crippen LogP contribution in [0.2, 0.25) is 0 Å². The lowest BCUT2D eigenvalue weighted by Gasteiger charge is -2.35. The maximum Gasteiger partial charge on any atom is 0.416 e. The van der Waals surface area contributed by atoms with Gasteiger partial charge in [-0.25, -0.2) is 4.68 Å². The van der Waals surface area contributed by atoms with E-state index in [1.165, 1.54) is 13.1 Å². The summed E-state index contributed by atoms with van der Waals surface area (Å²) in [6.07, 6.45) is -2.96. The van der Waals surface area contributed by atoms with Gasteiger partial charge in [0, 0.05) is 45.0 Å². The minimum Gasteiger partial charge on any atom is -0.399 e. The molecule has 1 atom stereocenters. The van der Waals surface area contributed by atoms with Crippen LogP contribution in [0.5, 0.6) is 0 Å². The molecule has 12 heteroatoms. The van der Waals surface area contributed by atoms with E-state index in [2.05, 4.69) is 15.7 Å². The predicted molar refractivity (Wildman–Crippen MR) is 141 cm³/mol. The Kier molecular flexibility index (Phi) is 11.6. The highest BCUT2D eigenvalue weighted by Crippen LogP contribution is 2.31. The van der Waals surface area contributed by atoms with Crippen LogP contribution in [0, 0.1) is 0 Å². The van der Waals surface area contributed by atoms with Gasteiger partial charge in [-0.05, 0) is 36.8 Å². The third kappa shape index (κ3) is 7.80. The first-order chi connectivity index (χ1) is 17.0. The first-order valence-corrected chi connectivity index (χ1v) is 12.0. The lowest BCUT2D eigenvalue weighted by atomic mass is 10.1. The van der Waals surface area contributed by atoms with E-state index in [0.29, 0.717) is 17.9 Å². The Balaban J connectivity index is 0.00000154. The highest BCUT2D eigenvalue weighted by atomic mass is 19.4. The van der Waals surface area contributed by atoms with Crippen LogP contribution in [0.1, 0.15) is 51.3 Å². The number of alkyl halides is 3. The van der Waals surface area contributed by atoms with Gasteiger partial charge in [-0.1, -0.05) is 27.7 Å². The van der Waals surface area contributed by atoms with Crippen molar-refractivity contribution in [3.05, 3.63) is 51.1 Å². The number of rotatable bonds is 5. The standard InChI is InChI=1S/C20H27F3N8O.2C2H6/c1-11-9-27-3-4-31(11)16(25)8-15-17(26)19(32)30(2)29-18(15)28-10-12-5-13(20(21,22)23)7-14(24)6-12;2*1-2/h5-8,11,27H,3-4,9-10,24-26H2,1-2H3,(H,28,29);2*1-2H3/b16-8+;;. The first-order valence-electron chi connectivity index (χ1n) is 12.0. The molecule has 36 heavy (non-hydrogen) atoms. The summed E-state index contributed by atoms with van der Waals surface area (Å²) in [5.41, 5.74) is 17.1. The monoisotopic (exact) mass is 512 g/mol. The molecule has 0 aliphatic carbocycles. The number of hydrogen-bond acceptors (Lipinski definition) is 8. The molecule has 0 spiro atoms. The molecular weight excluding hydrogens is 473 g/mol. The van der Waals surface area contributed by atoms with Crippen LogP contribution < -0.4 is 33.4 Å². The van der Waals surface area contributed by atoms with E-state index in [1.807, 2.05) is 39.5 Å². The zero-order valence-corrected chi connectivity index (χ0v) is 21.8. The Labute approximate surface area is 210 Å². The number of nitrogens with two attached hydrogens (primary N) is 3. The van der Waals surface area contributed by atoms with Gasteiger partial charge < -0.3 is 32.7 Å². The highest BCUT2D eigenvalue weighted by molar-refractivity contribution is 5.74. The first kappa shape index (κ1) is 30.6. The second-order valence-electron chi connectivity index (χ2n) is 7.74. The normalized spacial score (nSPS) is 15.9. The molecule has 1 unspecified atom stereocenters. The molecular formula is C24H39F3N8O. The number of aromatic nitrogens is 2. The van der Waals surface area contributed by atoms with Crippen LogP contribution in [-0.2, 0) is 19.8 Å². The maximum absolute atomic E-state index is 13.1. The van der Waals surface area contributed by atoms with Crippen LogP contribution in [0.25, 0.3) is 6.08 Å². The minimum atomic E-state index is -4.52. The number of nitrogens with zero attached hydrogens (tertiary/aromatic N) is 3. The summed E-state index contributed by atoms with van der Waals surface area (Å²) in [6, 6.07) is 3.43. The molecule has 0 radical (unpaired) electrons. The molecule has 1 aliphatic rings. The number of hydrogen-bond donors (Lipinski definition) is 5. The third-order valence-corrected chi connectivity index (χ3v) is 5.25. The van der Waals surface area contributed by atoms with E-state index in [-0.39, 0.29) is 35.3 Å². The molecule has 1 aliphatic heterocycles. The van der Waals surface area contributed by atoms with Crippen molar-refractivity contribution >= 4 is 23.3 Å². The number of aryl methyl sites for hydroxylation is 1. The fourth-order valence-electron chi connectivity index (χ4n) is 3.57. The largest absolute Gasteiger partial charge is 0.416 e. The molecule has 3 rings (SSSR count). The van der Waals surface area contributed by atoms with Gasteiger partial charge in [0.05, 0.1) is 16.9 Å². The predicted octanol–water partition coefficient (Wildman–Crippen LogP) is 3.18. The third-order valence-electron chi connectivity index (χ3n) is 5.25. The van der Waals surface area contributed by atoms with Crippen LogP contribution in [0.3, 0.4) is 0 Å². The molecule has 8 N–H and O–H groups in total. The van der Waals surface area contributed by atoms with Gasteiger partial charge in [-0.2, -0.15) is 18.3 Å². The average molecular weight is 513 g/mol. The number of benzene rings is 1. The topological polar surface area (TPSA) is 140 Å². The Hall–Kier alpha value is -3.41. The van der Waals surface area contributed by atoms with Crippen molar-refractivity contribution in [3.8, 4) is 0 Å². The molecule has 9 nitrogen and oxygen atoms in total. The molecule has 1 aromatic heterocycles. The summed E-state index contributed by atoms with van der Waals surface area (Å²) in [5.74, 6) is 0.624. The van der Waals surface area contributed by atoms with Gasteiger partial charge >= 0.3 is 6.18 Å². The highest BCUT2D eigenvalue weighted by Gasteiger charge is 2.31.